The number of hydrogen-bond acceptors (Lipinski definition) is 3. The summed E-state index contributed by atoms with van der Waals surface area (Å²) in [7, 11) is 0. The molecule has 13 heavy (non-hydrogen) atoms. The third kappa shape index (κ3) is 1.58. The van der Waals surface area contributed by atoms with Crippen LogP contribution in [0.3, 0.4) is 0 Å². The topological polar surface area (TPSA) is 50.9 Å². The molecule has 1 aromatic rings. The highest BCUT2D eigenvalue weighted by atomic mass is 16.3. The highest BCUT2D eigenvalue weighted by Gasteiger charge is 2.20. The van der Waals surface area contributed by atoms with E-state index >= 15 is 0 Å². The van der Waals surface area contributed by atoms with Crippen molar-refractivity contribution >= 4 is 0 Å². The Kier molecular flexibility index (Phi) is 2.31. The van der Waals surface area contributed by atoms with Crippen molar-refractivity contribution in [2.45, 2.75) is 32.7 Å². The first-order valence-corrected chi connectivity index (χ1v) is 4.83. The second-order valence-corrected chi connectivity index (χ2v) is 3.78. The van der Waals surface area contributed by atoms with Crippen LogP contribution in [-0.2, 0) is 19.4 Å². The van der Waals surface area contributed by atoms with Gasteiger partial charge in [-0.3, -0.25) is 0 Å². The van der Waals surface area contributed by atoms with Crippen LogP contribution in [0.1, 0.15) is 24.7 Å². The molecule has 1 aliphatic rings. The molecule has 0 spiro atoms. The fraction of sp³-hybridized carbons (Fsp3) is 0.778. The van der Waals surface area contributed by atoms with E-state index in [1.807, 2.05) is 4.68 Å². The Labute approximate surface area is 77.6 Å². The first kappa shape index (κ1) is 8.69. The van der Waals surface area contributed by atoms with E-state index in [9.17, 15) is 0 Å². The van der Waals surface area contributed by atoms with Gasteiger partial charge in [0.15, 0.2) is 0 Å². The predicted molar refractivity (Wildman–Crippen MR) is 48.3 cm³/mol. The largest absolute Gasteiger partial charge is 0.394 e. The van der Waals surface area contributed by atoms with Gasteiger partial charge in [0.25, 0.3) is 0 Å². The van der Waals surface area contributed by atoms with Crippen molar-refractivity contribution in [2.24, 2.45) is 5.92 Å². The lowest BCUT2D eigenvalue weighted by atomic mass is 9.91. The summed E-state index contributed by atoms with van der Waals surface area (Å²) >= 11 is 0. The van der Waals surface area contributed by atoms with E-state index in [2.05, 4.69) is 17.2 Å². The predicted octanol–water partition coefficient (Wildman–Crippen LogP) is 0.395. The van der Waals surface area contributed by atoms with E-state index in [1.165, 1.54) is 12.1 Å². The van der Waals surface area contributed by atoms with E-state index in [-0.39, 0.29) is 6.61 Å². The lowest BCUT2D eigenvalue weighted by Gasteiger charge is -2.17. The maximum atomic E-state index is 8.80. The third-order valence-corrected chi connectivity index (χ3v) is 2.65. The van der Waals surface area contributed by atoms with Crippen LogP contribution >= 0.6 is 0 Å². The average Bonchev–Trinajstić information content (AvgIpc) is 2.49. The van der Waals surface area contributed by atoms with Crippen molar-refractivity contribution < 1.29 is 5.11 Å². The van der Waals surface area contributed by atoms with Gasteiger partial charge >= 0.3 is 0 Å². The number of nitrogens with zero attached hydrogens (tertiary/aromatic N) is 3. The normalized spacial score (nSPS) is 21.5. The van der Waals surface area contributed by atoms with Crippen LogP contribution < -0.4 is 0 Å². The smallest absolute Gasteiger partial charge is 0.0861 e. The van der Waals surface area contributed by atoms with Crippen LogP contribution in [0.2, 0.25) is 0 Å². The molecule has 1 aromatic heterocycles. The molecule has 0 bridgehead atoms. The third-order valence-electron chi connectivity index (χ3n) is 2.65. The average molecular weight is 181 g/mol. The molecule has 0 saturated heterocycles. The Hall–Kier alpha value is -0.900. The molecule has 1 unspecified atom stereocenters. The molecular formula is C9H15N3O. The molecule has 0 aromatic carbocycles. The maximum Gasteiger partial charge on any atom is 0.0861 e. The van der Waals surface area contributed by atoms with Crippen LogP contribution in [0.4, 0.5) is 0 Å². The Balaban J connectivity index is 2.23. The minimum atomic E-state index is 0.144. The van der Waals surface area contributed by atoms with Crippen LogP contribution in [0, 0.1) is 5.92 Å². The van der Waals surface area contributed by atoms with Crippen molar-refractivity contribution in [1.82, 2.24) is 15.0 Å². The SMILES string of the molecule is CC1CCc2c(nnn2CCO)C1. The number of aliphatic hydroxyl groups excluding tert-OH is 1. The van der Waals surface area contributed by atoms with Gasteiger partial charge < -0.3 is 5.11 Å². The fourth-order valence-electron chi connectivity index (χ4n) is 1.89. The fourth-order valence-corrected chi connectivity index (χ4v) is 1.89. The second kappa shape index (κ2) is 3.46. The zero-order valence-corrected chi connectivity index (χ0v) is 7.90. The van der Waals surface area contributed by atoms with Gasteiger partial charge in [-0.2, -0.15) is 0 Å². The van der Waals surface area contributed by atoms with Crippen molar-refractivity contribution in [3.63, 3.8) is 0 Å². The summed E-state index contributed by atoms with van der Waals surface area (Å²) in [6.07, 6.45) is 3.32. The molecule has 2 rings (SSSR count). The number of hydrogen-bond donors (Lipinski definition) is 1. The lowest BCUT2D eigenvalue weighted by Crippen LogP contribution is -2.15. The Morgan fingerprint density at radius 3 is 3.23 bits per heavy atom. The van der Waals surface area contributed by atoms with E-state index in [0.717, 1.165) is 24.5 Å². The van der Waals surface area contributed by atoms with Crippen LogP contribution in [-0.4, -0.2) is 26.7 Å². The summed E-state index contributed by atoms with van der Waals surface area (Å²) in [6, 6.07) is 0. The summed E-state index contributed by atoms with van der Waals surface area (Å²) in [5, 5.41) is 17.0. The summed E-state index contributed by atoms with van der Waals surface area (Å²) in [5.74, 6) is 0.728. The highest BCUT2D eigenvalue weighted by molar-refractivity contribution is 5.14. The van der Waals surface area contributed by atoms with Gasteiger partial charge in [0.1, 0.15) is 0 Å². The van der Waals surface area contributed by atoms with Crippen molar-refractivity contribution in [3.8, 4) is 0 Å². The molecule has 0 radical (unpaired) electrons. The first-order chi connectivity index (χ1) is 6.31. The molecule has 72 valence electrons. The number of aromatic nitrogens is 3. The van der Waals surface area contributed by atoms with Crippen molar-refractivity contribution in [2.75, 3.05) is 6.61 Å². The summed E-state index contributed by atoms with van der Waals surface area (Å²) in [6.45, 7) is 2.97. The Morgan fingerprint density at radius 2 is 2.46 bits per heavy atom. The number of aliphatic hydroxyl groups is 1. The molecule has 1 aliphatic carbocycles. The molecule has 4 heteroatoms. The van der Waals surface area contributed by atoms with Crippen molar-refractivity contribution in [1.29, 1.82) is 0 Å². The van der Waals surface area contributed by atoms with Gasteiger partial charge in [0.2, 0.25) is 0 Å². The molecule has 1 atom stereocenters. The van der Waals surface area contributed by atoms with Crippen LogP contribution in [0.25, 0.3) is 0 Å². The molecule has 0 fully saturated rings. The molecule has 0 aliphatic heterocycles. The number of fused-ring (bicyclic) bond motifs is 1. The second-order valence-electron chi connectivity index (χ2n) is 3.78. The molecule has 1 heterocycles. The standard InChI is InChI=1S/C9H15N3O/c1-7-2-3-9-8(6-7)10-11-12(9)4-5-13/h7,13H,2-6H2,1H3. The first-order valence-electron chi connectivity index (χ1n) is 4.83. The molecular weight excluding hydrogens is 166 g/mol. The lowest BCUT2D eigenvalue weighted by molar-refractivity contribution is 0.265. The van der Waals surface area contributed by atoms with Gasteiger partial charge in [0, 0.05) is 0 Å². The highest BCUT2D eigenvalue weighted by Crippen LogP contribution is 2.22. The molecule has 0 amide bonds. The molecule has 4 nitrogen and oxygen atoms in total. The van der Waals surface area contributed by atoms with E-state index in [0.29, 0.717) is 6.54 Å². The minimum Gasteiger partial charge on any atom is -0.394 e. The van der Waals surface area contributed by atoms with Gasteiger partial charge in [-0.15, -0.1) is 5.10 Å². The Bertz CT molecular complexity index is 282. The summed E-state index contributed by atoms with van der Waals surface area (Å²) < 4.78 is 1.83. The maximum absolute atomic E-state index is 8.80. The van der Waals surface area contributed by atoms with E-state index in [1.54, 1.807) is 0 Å². The monoisotopic (exact) mass is 181 g/mol. The van der Waals surface area contributed by atoms with E-state index in [4.69, 9.17) is 5.11 Å². The minimum absolute atomic E-state index is 0.144. The van der Waals surface area contributed by atoms with Crippen LogP contribution in [0.15, 0.2) is 0 Å². The zero-order valence-electron chi connectivity index (χ0n) is 7.90. The summed E-state index contributed by atoms with van der Waals surface area (Å²) in [4.78, 5) is 0. The van der Waals surface area contributed by atoms with E-state index < -0.39 is 0 Å². The molecule has 1 N–H and O–H groups in total. The summed E-state index contributed by atoms with van der Waals surface area (Å²) in [5.41, 5.74) is 2.36. The number of rotatable bonds is 2. The van der Waals surface area contributed by atoms with Gasteiger partial charge in [-0.1, -0.05) is 12.1 Å². The van der Waals surface area contributed by atoms with Crippen molar-refractivity contribution in [3.05, 3.63) is 11.4 Å². The quantitative estimate of drug-likeness (QED) is 0.718. The van der Waals surface area contributed by atoms with Crippen LogP contribution in [0.5, 0.6) is 0 Å². The zero-order chi connectivity index (χ0) is 9.26. The van der Waals surface area contributed by atoms with Gasteiger partial charge in [0.05, 0.1) is 24.5 Å². The van der Waals surface area contributed by atoms with Gasteiger partial charge in [-0.25, -0.2) is 4.68 Å². The Morgan fingerprint density at radius 1 is 1.62 bits per heavy atom. The molecule has 0 saturated carbocycles. The van der Waals surface area contributed by atoms with Gasteiger partial charge in [-0.05, 0) is 25.2 Å².